The monoisotopic (exact) mass is 193 g/mol. The van der Waals surface area contributed by atoms with Crippen LogP contribution >= 0.6 is 0 Å². The first-order valence-corrected chi connectivity index (χ1v) is 4.06. The number of carbonyl (C=O) groups excluding carboxylic acids is 2. The van der Waals surface area contributed by atoms with Crippen molar-refractivity contribution in [1.29, 1.82) is 0 Å². The zero-order valence-electron chi connectivity index (χ0n) is 7.60. The fourth-order valence-corrected chi connectivity index (χ4v) is 0.877. The Bertz CT molecular complexity index is 328. The van der Waals surface area contributed by atoms with Gasteiger partial charge in [-0.15, -0.1) is 0 Å². The Morgan fingerprint density at radius 2 is 2.00 bits per heavy atom. The van der Waals surface area contributed by atoms with Crippen molar-refractivity contribution < 1.29 is 19.4 Å². The normalized spacial score (nSPS) is 11.8. The average molecular weight is 193 g/mol. The number of hydrogen-bond donors (Lipinski definition) is 0. The standard InChI is InChI=1S/C10H10O4/c1-7(10(12)13)14-9-4-2-8(6-11)3-5-9/h2-7H,1H3,(H,12,13)/p-1/t7-/m1/s1. The predicted octanol–water partition coefficient (Wildman–Crippen LogP) is 0.0163. The zero-order chi connectivity index (χ0) is 10.6. The SMILES string of the molecule is C[C@@H](Oc1ccc(C=O)cc1)C(=O)[O-]. The minimum Gasteiger partial charge on any atom is -0.546 e. The van der Waals surface area contributed by atoms with Gasteiger partial charge in [0.25, 0.3) is 0 Å². The van der Waals surface area contributed by atoms with Gasteiger partial charge < -0.3 is 14.6 Å². The van der Waals surface area contributed by atoms with Gasteiger partial charge >= 0.3 is 0 Å². The van der Waals surface area contributed by atoms with E-state index in [1.54, 1.807) is 12.1 Å². The molecule has 0 spiro atoms. The lowest BCUT2D eigenvalue weighted by atomic mass is 10.2. The van der Waals surface area contributed by atoms with Gasteiger partial charge in [0.05, 0.1) is 5.97 Å². The molecular formula is C10H9O4-. The lowest BCUT2D eigenvalue weighted by Gasteiger charge is -2.14. The van der Waals surface area contributed by atoms with Gasteiger partial charge in [0.1, 0.15) is 18.1 Å². The summed E-state index contributed by atoms with van der Waals surface area (Å²) in [4.78, 5) is 20.6. The summed E-state index contributed by atoms with van der Waals surface area (Å²) in [5, 5.41) is 10.3. The van der Waals surface area contributed by atoms with Crippen LogP contribution in [0.5, 0.6) is 5.75 Å². The van der Waals surface area contributed by atoms with Crippen LogP contribution in [0.4, 0.5) is 0 Å². The van der Waals surface area contributed by atoms with E-state index in [4.69, 9.17) is 4.74 Å². The first-order chi connectivity index (χ1) is 6.63. The van der Waals surface area contributed by atoms with Gasteiger partial charge in [0, 0.05) is 5.56 Å². The highest BCUT2D eigenvalue weighted by Crippen LogP contribution is 2.12. The van der Waals surface area contributed by atoms with Crippen molar-refractivity contribution in [2.75, 3.05) is 0 Å². The second-order valence-corrected chi connectivity index (χ2v) is 2.77. The van der Waals surface area contributed by atoms with E-state index in [-0.39, 0.29) is 0 Å². The second-order valence-electron chi connectivity index (χ2n) is 2.77. The van der Waals surface area contributed by atoms with Gasteiger partial charge in [-0.3, -0.25) is 4.79 Å². The number of carbonyl (C=O) groups is 2. The van der Waals surface area contributed by atoms with E-state index in [0.717, 1.165) is 0 Å². The molecule has 0 aromatic heterocycles. The van der Waals surface area contributed by atoms with Crippen LogP contribution in [-0.4, -0.2) is 18.4 Å². The molecule has 0 aliphatic carbocycles. The van der Waals surface area contributed by atoms with Crippen molar-refractivity contribution in [3.63, 3.8) is 0 Å². The maximum absolute atomic E-state index is 10.3. The van der Waals surface area contributed by atoms with Gasteiger partial charge in [-0.05, 0) is 31.2 Å². The molecule has 4 heteroatoms. The van der Waals surface area contributed by atoms with Crippen LogP contribution in [0.25, 0.3) is 0 Å². The summed E-state index contributed by atoms with van der Waals surface area (Å²) in [6.07, 6.45) is -0.302. The van der Waals surface area contributed by atoms with Crippen molar-refractivity contribution in [3.8, 4) is 5.75 Å². The smallest absolute Gasteiger partial charge is 0.150 e. The molecule has 74 valence electrons. The number of aldehydes is 1. The zero-order valence-corrected chi connectivity index (χ0v) is 7.60. The van der Waals surface area contributed by atoms with E-state index in [9.17, 15) is 14.7 Å². The molecule has 0 bridgehead atoms. The molecule has 0 radical (unpaired) electrons. The maximum Gasteiger partial charge on any atom is 0.150 e. The summed E-state index contributed by atoms with van der Waals surface area (Å²) in [7, 11) is 0. The van der Waals surface area contributed by atoms with E-state index in [2.05, 4.69) is 0 Å². The molecule has 0 saturated heterocycles. The Kier molecular flexibility index (Phi) is 3.23. The summed E-state index contributed by atoms with van der Waals surface area (Å²) in [5.74, 6) is -0.878. The van der Waals surface area contributed by atoms with E-state index in [1.807, 2.05) is 0 Å². The van der Waals surface area contributed by atoms with Crippen molar-refractivity contribution in [2.24, 2.45) is 0 Å². The lowest BCUT2D eigenvalue weighted by Crippen LogP contribution is -2.37. The highest BCUT2D eigenvalue weighted by atomic mass is 16.5. The number of aliphatic carboxylic acids is 1. The van der Waals surface area contributed by atoms with Crippen molar-refractivity contribution in [1.82, 2.24) is 0 Å². The number of hydrogen-bond acceptors (Lipinski definition) is 4. The molecule has 1 aromatic rings. The predicted molar refractivity (Wildman–Crippen MR) is 46.9 cm³/mol. The molecule has 0 aliphatic rings. The summed E-state index contributed by atoms with van der Waals surface area (Å²) in [6, 6.07) is 6.15. The van der Waals surface area contributed by atoms with Crippen LogP contribution in [0.3, 0.4) is 0 Å². The van der Waals surface area contributed by atoms with Gasteiger partial charge in [-0.2, -0.15) is 0 Å². The number of carboxylic acids is 1. The summed E-state index contributed by atoms with van der Waals surface area (Å²) < 4.78 is 5.00. The third kappa shape index (κ3) is 2.58. The minimum atomic E-state index is -1.27. The Balaban J connectivity index is 2.68. The van der Waals surface area contributed by atoms with Crippen molar-refractivity contribution >= 4 is 12.3 Å². The molecule has 0 fully saturated rings. The first-order valence-electron chi connectivity index (χ1n) is 4.06. The molecule has 0 unspecified atom stereocenters. The quantitative estimate of drug-likeness (QED) is 0.632. The molecular weight excluding hydrogens is 184 g/mol. The van der Waals surface area contributed by atoms with Gasteiger partial charge in [-0.1, -0.05) is 0 Å². The third-order valence-electron chi connectivity index (χ3n) is 1.66. The summed E-state index contributed by atoms with van der Waals surface area (Å²) in [6.45, 7) is 1.38. The number of ether oxygens (including phenoxy) is 1. The number of rotatable bonds is 4. The number of benzene rings is 1. The largest absolute Gasteiger partial charge is 0.546 e. The topological polar surface area (TPSA) is 66.4 Å². The Hall–Kier alpha value is -1.84. The molecule has 0 N–H and O–H groups in total. The maximum atomic E-state index is 10.3. The fourth-order valence-electron chi connectivity index (χ4n) is 0.877. The van der Waals surface area contributed by atoms with Gasteiger partial charge in [0.2, 0.25) is 0 Å². The average Bonchev–Trinajstić information content (AvgIpc) is 2.19. The molecule has 1 rings (SSSR count). The van der Waals surface area contributed by atoms with E-state index in [1.165, 1.54) is 19.1 Å². The summed E-state index contributed by atoms with van der Waals surface area (Å²) >= 11 is 0. The third-order valence-corrected chi connectivity index (χ3v) is 1.66. The highest BCUT2D eigenvalue weighted by molar-refractivity contribution is 5.75. The molecule has 0 saturated carbocycles. The van der Waals surface area contributed by atoms with Crippen LogP contribution in [0.1, 0.15) is 17.3 Å². The second kappa shape index (κ2) is 4.41. The lowest BCUT2D eigenvalue weighted by molar-refractivity contribution is -0.312. The van der Waals surface area contributed by atoms with Crippen LogP contribution < -0.4 is 9.84 Å². The van der Waals surface area contributed by atoms with Gasteiger partial charge in [-0.25, -0.2) is 0 Å². The molecule has 0 aliphatic heterocycles. The molecule has 14 heavy (non-hydrogen) atoms. The van der Waals surface area contributed by atoms with E-state index >= 15 is 0 Å². The summed E-state index contributed by atoms with van der Waals surface area (Å²) in [5.41, 5.74) is 0.512. The van der Waals surface area contributed by atoms with E-state index < -0.39 is 12.1 Å². The minimum absolute atomic E-state index is 0.396. The van der Waals surface area contributed by atoms with Crippen LogP contribution in [0.2, 0.25) is 0 Å². The highest BCUT2D eigenvalue weighted by Gasteiger charge is 2.03. The Labute approximate surface area is 81.1 Å². The molecule has 4 nitrogen and oxygen atoms in total. The molecule has 0 heterocycles. The Morgan fingerprint density at radius 3 is 2.43 bits per heavy atom. The van der Waals surface area contributed by atoms with Crippen LogP contribution in [-0.2, 0) is 4.79 Å². The molecule has 1 aromatic carbocycles. The fraction of sp³-hybridized carbons (Fsp3) is 0.200. The van der Waals surface area contributed by atoms with Gasteiger partial charge in [0.15, 0.2) is 0 Å². The van der Waals surface area contributed by atoms with E-state index in [0.29, 0.717) is 17.6 Å². The van der Waals surface area contributed by atoms with Crippen molar-refractivity contribution in [2.45, 2.75) is 13.0 Å². The Morgan fingerprint density at radius 1 is 1.43 bits per heavy atom. The van der Waals surface area contributed by atoms with Crippen LogP contribution in [0.15, 0.2) is 24.3 Å². The number of carboxylic acid groups (broad SMARTS) is 1. The molecule has 1 atom stereocenters. The first kappa shape index (κ1) is 10.2. The molecule has 0 amide bonds. The van der Waals surface area contributed by atoms with Crippen molar-refractivity contribution in [3.05, 3.63) is 29.8 Å². The van der Waals surface area contributed by atoms with Crippen LogP contribution in [0, 0.1) is 0 Å².